The molecule has 0 heterocycles. The maximum atomic E-state index is 10.3. The lowest BCUT2D eigenvalue weighted by Crippen LogP contribution is -1.97. The number of aliphatic hydroxyl groups excluding tert-OH is 2. The van der Waals surface area contributed by atoms with Crippen molar-refractivity contribution in [2.75, 3.05) is 0 Å². The maximum Gasteiger partial charge on any atom is 0.124 e. The lowest BCUT2D eigenvalue weighted by atomic mass is 9.96. The van der Waals surface area contributed by atoms with Crippen LogP contribution in [0.4, 0.5) is 0 Å². The van der Waals surface area contributed by atoms with Crippen molar-refractivity contribution >= 4 is 0 Å². The van der Waals surface area contributed by atoms with Crippen LogP contribution in [0.25, 0.3) is 0 Å². The standard InChI is InChI=1S/C24H26O4/c1-15-7-19(23(27)21(9-15)13-25)11-17-3-5-18(6-4-17)12-20-8-16(2)10-22(14-26)24(20)28/h3-10,25-28H,11-14H2,1-2H3. The first-order valence-electron chi connectivity index (χ1n) is 9.33. The van der Waals surface area contributed by atoms with Crippen LogP contribution in [0.3, 0.4) is 0 Å². The first kappa shape index (κ1) is 19.9. The molecule has 3 rings (SSSR count). The average Bonchev–Trinajstić information content (AvgIpc) is 2.68. The Bertz CT molecular complexity index is 894. The summed E-state index contributed by atoms with van der Waals surface area (Å²) >= 11 is 0. The summed E-state index contributed by atoms with van der Waals surface area (Å²) in [6.07, 6.45) is 1.15. The molecule has 0 radical (unpaired) electrons. The number of aliphatic hydroxyl groups is 2. The summed E-state index contributed by atoms with van der Waals surface area (Å²) < 4.78 is 0. The van der Waals surface area contributed by atoms with Gasteiger partial charge >= 0.3 is 0 Å². The first-order chi connectivity index (χ1) is 13.4. The molecule has 4 N–H and O–H groups in total. The molecule has 28 heavy (non-hydrogen) atoms. The SMILES string of the molecule is Cc1cc(CO)c(O)c(Cc2ccc(Cc3cc(C)cc(CO)c3O)cc2)c1. The molecule has 0 aromatic heterocycles. The molecule has 146 valence electrons. The van der Waals surface area contributed by atoms with Crippen LogP contribution in [0.1, 0.15) is 44.5 Å². The zero-order valence-electron chi connectivity index (χ0n) is 16.2. The van der Waals surface area contributed by atoms with Gasteiger partial charge in [0.15, 0.2) is 0 Å². The highest BCUT2D eigenvalue weighted by atomic mass is 16.3. The third-order valence-electron chi connectivity index (χ3n) is 4.98. The molecular weight excluding hydrogens is 352 g/mol. The van der Waals surface area contributed by atoms with Crippen molar-refractivity contribution in [1.82, 2.24) is 0 Å². The van der Waals surface area contributed by atoms with Gasteiger partial charge in [0.1, 0.15) is 11.5 Å². The van der Waals surface area contributed by atoms with E-state index in [0.717, 1.165) is 33.4 Å². The number of rotatable bonds is 6. The fourth-order valence-electron chi connectivity index (χ4n) is 3.59. The van der Waals surface area contributed by atoms with Crippen molar-refractivity contribution < 1.29 is 20.4 Å². The predicted octanol–water partition coefficient (Wildman–Crippen LogP) is 3.88. The van der Waals surface area contributed by atoms with Gasteiger partial charge < -0.3 is 20.4 Å². The third kappa shape index (κ3) is 4.35. The van der Waals surface area contributed by atoms with Crippen molar-refractivity contribution in [3.05, 3.63) is 93.0 Å². The summed E-state index contributed by atoms with van der Waals surface area (Å²) in [4.78, 5) is 0. The minimum absolute atomic E-state index is 0.151. The third-order valence-corrected chi connectivity index (χ3v) is 4.98. The van der Waals surface area contributed by atoms with Crippen LogP contribution in [0.2, 0.25) is 0 Å². The van der Waals surface area contributed by atoms with E-state index in [1.54, 1.807) is 12.1 Å². The zero-order valence-corrected chi connectivity index (χ0v) is 16.2. The van der Waals surface area contributed by atoms with Gasteiger partial charge in [-0.3, -0.25) is 0 Å². The van der Waals surface area contributed by atoms with Crippen LogP contribution in [-0.2, 0) is 26.1 Å². The predicted molar refractivity (Wildman–Crippen MR) is 110 cm³/mol. The van der Waals surface area contributed by atoms with Gasteiger partial charge in [-0.05, 0) is 36.1 Å². The Morgan fingerprint density at radius 1 is 0.571 bits per heavy atom. The van der Waals surface area contributed by atoms with Gasteiger partial charge in [0.05, 0.1) is 13.2 Å². The van der Waals surface area contributed by atoms with Crippen molar-refractivity contribution in [2.24, 2.45) is 0 Å². The molecule has 3 aromatic carbocycles. The van der Waals surface area contributed by atoms with Crippen molar-refractivity contribution in [2.45, 2.75) is 39.9 Å². The van der Waals surface area contributed by atoms with E-state index in [2.05, 4.69) is 0 Å². The normalized spacial score (nSPS) is 11.0. The Morgan fingerprint density at radius 3 is 1.21 bits per heavy atom. The monoisotopic (exact) mass is 378 g/mol. The largest absolute Gasteiger partial charge is 0.507 e. The molecule has 4 nitrogen and oxygen atoms in total. The smallest absolute Gasteiger partial charge is 0.124 e. The molecule has 0 aliphatic heterocycles. The Morgan fingerprint density at radius 2 is 0.893 bits per heavy atom. The summed E-state index contributed by atoms with van der Waals surface area (Å²) in [5, 5.41) is 39.4. The Balaban J connectivity index is 1.80. The molecule has 0 saturated heterocycles. The highest BCUT2D eigenvalue weighted by Crippen LogP contribution is 2.29. The van der Waals surface area contributed by atoms with Gasteiger partial charge in [0.25, 0.3) is 0 Å². The van der Waals surface area contributed by atoms with E-state index in [1.165, 1.54) is 0 Å². The zero-order chi connectivity index (χ0) is 20.3. The fraction of sp³-hybridized carbons (Fsp3) is 0.250. The van der Waals surface area contributed by atoms with E-state index >= 15 is 0 Å². The van der Waals surface area contributed by atoms with Gasteiger partial charge in [0, 0.05) is 24.0 Å². The molecule has 0 bridgehead atoms. The second kappa shape index (κ2) is 8.46. The number of phenols is 2. The van der Waals surface area contributed by atoms with Crippen LogP contribution in [-0.4, -0.2) is 20.4 Å². The summed E-state index contributed by atoms with van der Waals surface area (Å²) in [5.74, 6) is 0.303. The molecule has 3 aromatic rings. The van der Waals surface area contributed by atoms with Crippen molar-refractivity contribution in [1.29, 1.82) is 0 Å². The molecule has 0 unspecified atom stereocenters. The average molecular weight is 378 g/mol. The second-order valence-electron chi connectivity index (χ2n) is 7.35. The Labute approximate surface area is 165 Å². The summed E-state index contributed by atoms with van der Waals surface area (Å²) in [6, 6.07) is 15.5. The Kier molecular flexibility index (Phi) is 6.02. The molecule has 0 aliphatic carbocycles. The van der Waals surface area contributed by atoms with E-state index in [-0.39, 0.29) is 24.7 Å². The number of aromatic hydroxyl groups is 2. The molecule has 0 spiro atoms. The van der Waals surface area contributed by atoms with Crippen LogP contribution in [0, 0.1) is 13.8 Å². The van der Waals surface area contributed by atoms with E-state index < -0.39 is 0 Å². The number of aryl methyl sites for hydroxylation is 2. The van der Waals surface area contributed by atoms with Crippen molar-refractivity contribution in [3.8, 4) is 11.5 Å². The van der Waals surface area contributed by atoms with E-state index in [9.17, 15) is 20.4 Å². The molecule has 0 aliphatic rings. The summed E-state index contributed by atoms with van der Waals surface area (Å²) in [6.45, 7) is 3.52. The van der Waals surface area contributed by atoms with Gasteiger partial charge in [-0.2, -0.15) is 0 Å². The molecule has 4 heteroatoms. The minimum atomic E-state index is -0.185. The molecular formula is C24H26O4. The van der Waals surface area contributed by atoms with Gasteiger partial charge in [-0.1, -0.05) is 59.7 Å². The summed E-state index contributed by atoms with van der Waals surface area (Å²) in [7, 11) is 0. The fourth-order valence-corrected chi connectivity index (χ4v) is 3.59. The van der Waals surface area contributed by atoms with Crippen LogP contribution in [0.15, 0.2) is 48.5 Å². The van der Waals surface area contributed by atoms with Crippen molar-refractivity contribution in [3.63, 3.8) is 0 Å². The first-order valence-corrected chi connectivity index (χ1v) is 9.33. The van der Waals surface area contributed by atoms with Crippen LogP contribution >= 0.6 is 0 Å². The Hall–Kier alpha value is -2.82. The van der Waals surface area contributed by atoms with E-state index in [1.807, 2.05) is 50.2 Å². The lowest BCUT2D eigenvalue weighted by Gasteiger charge is -2.12. The van der Waals surface area contributed by atoms with E-state index in [4.69, 9.17) is 0 Å². The molecule has 0 fully saturated rings. The highest BCUT2D eigenvalue weighted by molar-refractivity contribution is 5.47. The minimum Gasteiger partial charge on any atom is -0.507 e. The highest BCUT2D eigenvalue weighted by Gasteiger charge is 2.11. The van der Waals surface area contributed by atoms with Gasteiger partial charge in [-0.15, -0.1) is 0 Å². The van der Waals surface area contributed by atoms with E-state index in [0.29, 0.717) is 24.0 Å². The van der Waals surface area contributed by atoms with Crippen LogP contribution in [0.5, 0.6) is 11.5 Å². The number of benzene rings is 3. The lowest BCUT2D eigenvalue weighted by molar-refractivity contribution is 0.274. The topological polar surface area (TPSA) is 80.9 Å². The van der Waals surface area contributed by atoms with Crippen LogP contribution < -0.4 is 0 Å². The van der Waals surface area contributed by atoms with Gasteiger partial charge in [-0.25, -0.2) is 0 Å². The maximum absolute atomic E-state index is 10.3. The number of hydrogen-bond acceptors (Lipinski definition) is 4. The number of hydrogen-bond donors (Lipinski definition) is 4. The second-order valence-corrected chi connectivity index (χ2v) is 7.35. The van der Waals surface area contributed by atoms with Gasteiger partial charge in [0.2, 0.25) is 0 Å². The summed E-state index contributed by atoms with van der Waals surface area (Å²) in [5.41, 5.74) is 6.78. The quantitative estimate of drug-likeness (QED) is 0.525. The molecule has 0 atom stereocenters. The molecule has 0 amide bonds. The molecule has 0 saturated carbocycles.